The Morgan fingerprint density at radius 1 is 1.35 bits per heavy atom. The molecule has 2 unspecified atom stereocenters. The molecule has 23 heavy (non-hydrogen) atoms. The fraction of sp³-hybridized carbons (Fsp3) is 0.500. The molecular formula is C16H19Cl2NO4. The van der Waals surface area contributed by atoms with Crippen molar-refractivity contribution in [2.45, 2.75) is 32.9 Å². The molecule has 1 aliphatic heterocycles. The van der Waals surface area contributed by atoms with Gasteiger partial charge in [-0.2, -0.15) is 0 Å². The predicted molar refractivity (Wildman–Crippen MR) is 87.6 cm³/mol. The minimum atomic E-state index is -0.756. The number of rotatable bonds is 4. The fourth-order valence-corrected chi connectivity index (χ4v) is 3.04. The molecule has 1 amide bonds. The van der Waals surface area contributed by atoms with Gasteiger partial charge in [0.2, 0.25) is 5.91 Å². The van der Waals surface area contributed by atoms with Crippen LogP contribution in [0.2, 0.25) is 10.0 Å². The van der Waals surface area contributed by atoms with Crippen molar-refractivity contribution >= 4 is 35.3 Å². The monoisotopic (exact) mass is 359 g/mol. The van der Waals surface area contributed by atoms with Crippen molar-refractivity contribution in [1.29, 1.82) is 0 Å². The Hall–Kier alpha value is -1.46. The van der Waals surface area contributed by atoms with Gasteiger partial charge in [-0.3, -0.25) is 4.79 Å². The van der Waals surface area contributed by atoms with E-state index in [0.29, 0.717) is 28.6 Å². The maximum absolute atomic E-state index is 12.5. The Labute approximate surface area is 145 Å². The molecule has 1 aromatic rings. The third-order valence-electron chi connectivity index (χ3n) is 3.63. The van der Waals surface area contributed by atoms with Crippen LogP contribution in [0.1, 0.15) is 25.8 Å². The summed E-state index contributed by atoms with van der Waals surface area (Å²) in [5, 5.41) is 0.963. The van der Waals surface area contributed by atoms with Gasteiger partial charge in [-0.25, -0.2) is 4.79 Å². The largest absolute Gasteiger partial charge is 0.510 e. The van der Waals surface area contributed by atoms with Crippen LogP contribution in [-0.2, 0) is 20.7 Å². The van der Waals surface area contributed by atoms with Gasteiger partial charge < -0.3 is 14.4 Å². The molecule has 1 aliphatic rings. The van der Waals surface area contributed by atoms with Gasteiger partial charge in [0.1, 0.15) is 0 Å². The number of amides is 1. The van der Waals surface area contributed by atoms with Gasteiger partial charge in [0.15, 0.2) is 6.23 Å². The molecule has 2 rings (SSSR count). The van der Waals surface area contributed by atoms with Gasteiger partial charge in [-0.1, -0.05) is 36.2 Å². The molecule has 0 N–H and O–H groups in total. The molecule has 0 aromatic heterocycles. The lowest BCUT2D eigenvalue weighted by atomic mass is 10.1. The van der Waals surface area contributed by atoms with E-state index in [1.54, 1.807) is 30.0 Å². The molecule has 0 spiro atoms. The van der Waals surface area contributed by atoms with E-state index >= 15 is 0 Å². The van der Waals surface area contributed by atoms with E-state index < -0.39 is 12.4 Å². The minimum Gasteiger partial charge on any atom is -0.435 e. The molecule has 1 aromatic carbocycles. The summed E-state index contributed by atoms with van der Waals surface area (Å²) in [4.78, 5) is 25.6. The number of hydrogen-bond donors (Lipinski definition) is 0. The number of likely N-dealkylation sites (tertiary alicyclic amines) is 1. The van der Waals surface area contributed by atoms with Crippen molar-refractivity contribution in [3.8, 4) is 0 Å². The summed E-state index contributed by atoms with van der Waals surface area (Å²) in [6.45, 7) is 4.47. The summed E-state index contributed by atoms with van der Waals surface area (Å²) in [7, 11) is 0. The van der Waals surface area contributed by atoms with E-state index in [1.165, 1.54) is 0 Å². The quantitative estimate of drug-likeness (QED) is 0.764. The number of carbonyl (C=O) groups excluding carboxylic acids is 2. The normalized spacial score (nSPS) is 20.4. The summed E-state index contributed by atoms with van der Waals surface area (Å²) in [6.07, 6.45) is -0.624. The Kier molecular flexibility index (Phi) is 6.13. The standard InChI is InChI=1S/C16H19Cl2NO4/c1-3-22-16(21)23-15-6-10(2)9-19(15)14(20)7-11-4-5-12(17)8-13(11)18/h4-5,8,10,15H,3,6-7,9H2,1-2H3. The number of carbonyl (C=O) groups is 2. The van der Waals surface area contributed by atoms with Gasteiger partial charge in [-0.15, -0.1) is 0 Å². The number of ether oxygens (including phenoxy) is 2. The fourth-order valence-electron chi connectivity index (χ4n) is 2.57. The summed E-state index contributed by atoms with van der Waals surface area (Å²) in [5.74, 6) is 0.104. The molecule has 1 saturated heterocycles. The lowest BCUT2D eigenvalue weighted by Gasteiger charge is -2.24. The first kappa shape index (κ1) is 17.9. The Morgan fingerprint density at radius 2 is 2.09 bits per heavy atom. The van der Waals surface area contributed by atoms with E-state index in [-0.39, 0.29) is 24.9 Å². The zero-order valence-electron chi connectivity index (χ0n) is 13.1. The second-order valence-electron chi connectivity index (χ2n) is 5.55. The number of nitrogens with zero attached hydrogens (tertiary/aromatic N) is 1. The Bertz CT molecular complexity index is 593. The summed E-state index contributed by atoms with van der Waals surface area (Å²) >= 11 is 12.0. The highest BCUT2D eigenvalue weighted by Gasteiger charge is 2.36. The third kappa shape index (κ3) is 4.75. The summed E-state index contributed by atoms with van der Waals surface area (Å²) in [6, 6.07) is 5.02. The van der Waals surface area contributed by atoms with Crippen molar-refractivity contribution in [3.63, 3.8) is 0 Å². The van der Waals surface area contributed by atoms with Crippen LogP contribution in [0.15, 0.2) is 18.2 Å². The number of benzene rings is 1. The highest BCUT2D eigenvalue weighted by molar-refractivity contribution is 6.35. The summed E-state index contributed by atoms with van der Waals surface area (Å²) in [5.41, 5.74) is 0.690. The zero-order chi connectivity index (χ0) is 17.0. The van der Waals surface area contributed by atoms with Gasteiger partial charge in [0.25, 0.3) is 0 Å². The lowest BCUT2D eigenvalue weighted by Crippen LogP contribution is -2.39. The predicted octanol–water partition coefficient (Wildman–Crippen LogP) is 3.90. The van der Waals surface area contributed by atoms with Crippen LogP contribution in [-0.4, -0.2) is 36.3 Å². The first-order valence-electron chi connectivity index (χ1n) is 7.47. The van der Waals surface area contributed by atoms with Gasteiger partial charge in [0.05, 0.1) is 13.0 Å². The molecule has 1 fully saturated rings. The van der Waals surface area contributed by atoms with Crippen LogP contribution in [0.4, 0.5) is 4.79 Å². The molecule has 7 heteroatoms. The van der Waals surface area contributed by atoms with Crippen LogP contribution in [0.5, 0.6) is 0 Å². The van der Waals surface area contributed by atoms with Crippen LogP contribution < -0.4 is 0 Å². The number of halogens is 2. The molecular weight excluding hydrogens is 341 g/mol. The molecule has 0 radical (unpaired) electrons. The van der Waals surface area contributed by atoms with Crippen molar-refractivity contribution in [3.05, 3.63) is 33.8 Å². The Balaban J connectivity index is 2.05. The van der Waals surface area contributed by atoms with Crippen LogP contribution in [0, 0.1) is 5.92 Å². The Morgan fingerprint density at radius 3 is 2.74 bits per heavy atom. The molecule has 2 atom stereocenters. The van der Waals surface area contributed by atoms with Crippen LogP contribution in [0.25, 0.3) is 0 Å². The second-order valence-corrected chi connectivity index (χ2v) is 6.40. The van der Waals surface area contributed by atoms with Gasteiger partial charge in [0, 0.05) is 23.0 Å². The smallest absolute Gasteiger partial charge is 0.435 e. The van der Waals surface area contributed by atoms with Crippen molar-refractivity contribution in [1.82, 2.24) is 4.90 Å². The highest BCUT2D eigenvalue weighted by Crippen LogP contribution is 2.27. The average molecular weight is 360 g/mol. The second kappa shape index (κ2) is 7.88. The maximum Gasteiger partial charge on any atom is 0.510 e. The minimum absolute atomic E-state index is 0.130. The van der Waals surface area contributed by atoms with E-state index in [1.807, 2.05) is 6.92 Å². The van der Waals surface area contributed by atoms with E-state index in [4.69, 9.17) is 32.7 Å². The average Bonchev–Trinajstić information content (AvgIpc) is 2.83. The summed E-state index contributed by atoms with van der Waals surface area (Å²) < 4.78 is 10.0. The molecule has 1 heterocycles. The molecule has 0 aliphatic carbocycles. The van der Waals surface area contributed by atoms with E-state index in [9.17, 15) is 9.59 Å². The van der Waals surface area contributed by atoms with E-state index in [2.05, 4.69) is 0 Å². The van der Waals surface area contributed by atoms with Crippen molar-refractivity contribution < 1.29 is 19.1 Å². The van der Waals surface area contributed by atoms with E-state index in [0.717, 1.165) is 0 Å². The molecule has 5 nitrogen and oxygen atoms in total. The van der Waals surface area contributed by atoms with Crippen molar-refractivity contribution in [2.24, 2.45) is 5.92 Å². The highest BCUT2D eigenvalue weighted by atomic mass is 35.5. The first-order valence-corrected chi connectivity index (χ1v) is 8.23. The topological polar surface area (TPSA) is 55.8 Å². The number of hydrogen-bond acceptors (Lipinski definition) is 4. The van der Waals surface area contributed by atoms with Crippen molar-refractivity contribution in [2.75, 3.05) is 13.2 Å². The first-order chi connectivity index (χ1) is 10.9. The zero-order valence-corrected chi connectivity index (χ0v) is 14.6. The van der Waals surface area contributed by atoms with Crippen LogP contribution >= 0.6 is 23.2 Å². The lowest BCUT2D eigenvalue weighted by molar-refractivity contribution is -0.138. The SMILES string of the molecule is CCOC(=O)OC1CC(C)CN1C(=O)Cc1ccc(Cl)cc1Cl. The van der Waals surface area contributed by atoms with Gasteiger partial charge >= 0.3 is 6.16 Å². The van der Waals surface area contributed by atoms with Crippen LogP contribution in [0.3, 0.4) is 0 Å². The molecule has 126 valence electrons. The molecule has 0 bridgehead atoms. The third-order valence-corrected chi connectivity index (χ3v) is 4.22. The molecule has 0 saturated carbocycles. The maximum atomic E-state index is 12.5. The van der Waals surface area contributed by atoms with Gasteiger partial charge in [-0.05, 0) is 30.5 Å².